The summed E-state index contributed by atoms with van der Waals surface area (Å²) in [4.78, 5) is 17.9. The van der Waals surface area contributed by atoms with Crippen LogP contribution in [0.15, 0.2) is 72.9 Å². The lowest BCUT2D eigenvalue weighted by Gasteiger charge is -2.05. The molecule has 0 atom stereocenters. The van der Waals surface area contributed by atoms with Gasteiger partial charge in [-0.25, -0.2) is 13.8 Å². The molecule has 2 heterocycles. The van der Waals surface area contributed by atoms with Crippen molar-refractivity contribution < 1.29 is 13.6 Å². The summed E-state index contributed by atoms with van der Waals surface area (Å²) in [7, 11) is 0. The Bertz CT molecular complexity index is 1370. The molecule has 0 bridgehead atoms. The fourth-order valence-electron chi connectivity index (χ4n) is 3.29. The molecule has 0 saturated heterocycles. The Kier molecular flexibility index (Phi) is 4.52. The van der Waals surface area contributed by atoms with Crippen LogP contribution in [0.4, 0.5) is 8.78 Å². The monoisotopic (exact) mass is 419 g/mol. The maximum atomic E-state index is 13.2. The van der Waals surface area contributed by atoms with Crippen LogP contribution in [0.2, 0.25) is 0 Å². The van der Waals surface area contributed by atoms with E-state index >= 15 is 0 Å². The fourth-order valence-corrected chi connectivity index (χ4v) is 4.34. The quantitative estimate of drug-likeness (QED) is 0.423. The lowest BCUT2D eigenvalue weighted by molar-refractivity contribution is 0.0951. The summed E-state index contributed by atoms with van der Waals surface area (Å²) in [6.45, 7) is 0.325. The topological polar surface area (TPSA) is 46.4 Å². The van der Waals surface area contributed by atoms with Gasteiger partial charge < -0.3 is 5.32 Å². The summed E-state index contributed by atoms with van der Waals surface area (Å²) in [5.41, 5.74) is 3.94. The number of amides is 1. The Labute approximate surface area is 174 Å². The zero-order valence-corrected chi connectivity index (χ0v) is 16.4. The van der Waals surface area contributed by atoms with Gasteiger partial charge in [-0.2, -0.15) is 0 Å². The molecule has 2 aromatic heterocycles. The van der Waals surface area contributed by atoms with E-state index < -0.39 is 0 Å². The van der Waals surface area contributed by atoms with Gasteiger partial charge in [0, 0.05) is 23.9 Å². The van der Waals surface area contributed by atoms with E-state index in [1.807, 2.05) is 22.7 Å². The molecule has 4 nitrogen and oxygen atoms in total. The van der Waals surface area contributed by atoms with Gasteiger partial charge in [0.2, 0.25) is 0 Å². The van der Waals surface area contributed by atoms with Crippen LogP contribution < -0.4 is 5.32 Å². The number of rotatable bonds is 4. The number of halogens is 2. The number of hydrogen-bond donors (Lipinski definition) is 1. The van der Waals surface area contributed by atoms with Crippen LogP contribution >= 0.6 is 11.3 Å². The number of nitrogens with zero attached hydrogens (tertiary/aromatic N) is 2. The van der Waals surface area contributed by atoms with Crippen molar-refractivity contribution in [1.82, 2.24) is 14.7 Å². The molecule has 0 spiro atoms. The first-order valence-electron chi connectivity index (χ1n) is 9.27. The number of fused-ring (bicyclic) bond motifs is 3. The van der Waals surface area contributed by atoms with E-state index in [1.54, 1.807) is 30.3 Å². The Morgan fingerprint density at radius 3 is 2.40 bits per heavy atom. The highest BCUT2D eigenvalue weighted by molar-refractivity contribution is 7.23. The minimum Gasteiger partial charge on any atom is -0.348 e. The van der Waals surface area contributed by atoms with Crippen molar-refractivity contribution in [2.24, 2.45) is 0 Å². The molecule has 3 aromatic carbocycles. The molecule has 30 heavy (non-hydrogen) atoms. The molecular formula is C23H15F2N3OS. The molecule has 0 aliphatic carbocycles. The van der Waals surface area contributed by atoms with Gasteiger partial charge in [-0.3, -0.25) is 9.20 Å². The van der Waals surface area contributed by atoms with Crippen molar-refractivity contribution >= 4 is 32.4 Å². The van der Waals surface area contributed by atoms with E-state index in [2.05, 4.69) is 10.3 Å². The maximum Gasteiger partial charge on any atom is 0.251 e. The first kappa shape index (κ1) is 18.4. The van der Waals surface area contributed by atoms with Crippen LogP contribution in [-0.4, -0.2) is 15.3 Å². The van der Waals surface area contributed by atoms with Crippen LogP contribution in [0.5, 0.6) is 0 Å². The summed E-state index contributed by atoms with van der Waals surface area (Å²) in [6, 6.07) is 17.8. The van der Waals surface area contributed by atoms with Gasteiger partial charge >= 0.3 is 0 Å². The van der Waals surface area contributed by atoms with Crippen molar-refractivity contribution in [2.75, 3.05) is 0 Å². The summed E-state index contributed by atoms with van der Waals surface area (Å²) in [5.74, 6) is -0.782. The molecule has 0 fully saturated rings. The molecule has 0 radical (unpaired) electrons. The van der Waals surface area contributed by atoms with Gasteiger partial charge in [-0.1, -0.05) is 23.5 Å². The summed E-state index contributed by atoms with van der Waals surface area (Å²) in [6.07, 6.45) is 1.91. The molecule has 1 N–H and O–H groups in total. The Morgan fingerprint density at radius 1 is 0.967 bits per heavy atom. The van der Waals surface area contributed by atoms with E-state index in [1.165, 1.54) is 35.6 Å². The molecule has 148 valence electrons. The number of benzene rings is 3. The van der Waals surface area contributed by atoms with Crippen molar-refractivity contribution in [3.8, 4) is 11.3 Å². The van der Waals surface area contributed by atoms with Crippen molar-refractivity contribution in [3.05, 3.63) is 95.7 Å². The van der Waals surface area contributed by atoms with Crippen molar-refractivity contribution in [1.29, 1.82) is 0 Å². The minimum absolute atomic E-state index is 0.195. The fraction of sp³-hybridized carbons (Fsp3) is 0.0435. The zero-order chi connectivity index (χ0) is 20.7. The molecule has 0 aliphatic rings. The van der Waals surface area contributed by atoms with Gasteiger partial charge in [0.15, 0.2) is 4.96 Å². The maximum absolute atomic E-state index is 13.2. The van der Waals surface area contributed by atoms with Crippen LogP contribution in [-0.2, 0) is 6.54 Å². The van der Waals surface area contributed by atoms with Gasteiger partial charge in [0.25, 0.3) is 5.91 Å². The van der Waals surface area contributed by atoms with E-state index in [9.17, 15) is 13.6 Å². The molecular weight excluding hydrogens is 404 g/mol. The Hall–Kier alpha value is -3.58. The van der Waals surface area contributed by atoms with Gasteiger partial charge in [-0.15, -0.1) is 0 Å². The SMILES string of the molecule is O=C(NCc1ccc(F)cc1)c1ccc2c(c1)sc1nc(-c3ccc(F)cc3)cn12. The highest BCUT2D eigenvalue weighted by Gasteiger charge is 2.13. The van der Waals surface area contributed by atoms with Crippen molar-refractivity contribution in [2.45, 2.75) is 6.54 Å². The molecule has 0 aliphatic heterocycles. The number of aromatic nitrogens is 2. The van der Waals surface area contributed by atoms with Gasteiger partial charge in [-0.05, 0) is 60.2 Å². The number of carbonyl (C=O) groups is 1. The standard InChI is InChI=1S/C23H15F2N3OS/c24-17-6-1-14(2-7-17)12-26-22(29)16-5-10-20-21(11-16)30-23-27-19(13-28(20)23)15-3-8-18(25)9-4-15/h1-11,13H,12H2,(H,26,29). The first-order chi connectivity index (χ1) is 14.6. The predicted octanol–water partition coefficient (Wildman–Crippen LogP) is 5.42. The molecule has 5 aromatic rings. The predicted molar refractivity (Wildman–Crippen MR) is 114 cm³/mol. The second kappa shape index (κ2) is 7.35. The van der Waals surface area contributed by atoms with Crippen LogP contribution in [0, 0.1) is 11.6 Å². The Balaban J connectivity index is 1.39. The van der Waals surface area contributed by atoms with E-state index in [0.29, 0.717) is 12.1 Å². The van der Waals surface area contributed by atoms with Crippen LogP contribution in [0.1, 0.15) is 15.9 Å². The van der Waals surface area contributed by atoms with Crippen LogP contribution in [0.3, 0.4) is 0 Å². The molecule has 0 saturated carbocycles. The second-order valence-corrected chi connectivity index (χ2v) is 7.89. The highest BCUT2D eigenvalue weighted by Crippen LogP contribution is 2.30. The van der Waals surface area contributed by atoms with Crippen LogP contribution in [0.25, 0.3) is 26.4 Å². The van der Waals surface area contributed by atoms with E-state index in [0.717, 1.165) is 32.0 Å². The highest BCUT2D eigenvalue weighted by atomic mass is 32.1. The number of thiazole rings is 1. The first-order valence-corrected chi connectivity index (χ1v) is 10.1. The number of carbonyl (C=O) groups excluding carboxylic acids is 1. The second-order valence-electron chi connectivity index (χ2n) is 6.88. The third kappa shape index (κ3) is 3.44. The number of hydrogen-bond acceptors (Lipinski definition) is 3. The third-order valence-electron chi connectivity index (χ3n) is 4.86. The molecule has 0 unspecified atom stereocenters. The normalized spacial score (nSPS) is 11.3. The smallest absolute Gasteiger partial charge is 0.251 e. The van der Waals surface area contributed by atoms with E-state index in [-0.39, 0.29) is 17.5 Å². The summed E-state index contributed by atoms with van der Waals surface area (Å²) < 4.78 is 29.1. The average molecular weight is 419 g/mol. The lowest BCUT2D eigenvalue weighted by Crippen LogP contribution is -2.22. The third-order valence-corrected chi connectivity index (χ3v) is 5.88. The van der Waals surface area contributed by atoms with Gasteiger partial charge in [0.1, 0.15) is 11.6 Å². The van der Waals surface area contributed by atoms with Gasteiger partial charge in [0.05, 0.1) is 15.9 Å². The van der Waals surface area contributed by atoms with E-state index in [4.69, 9.17) is 0 Å². The average Bonchev–Trinajstić information content (AvgIpc) is 3.31. The summed E-state index contributed by atoms with van der Waals surface area (Å²) in [5, 5.41) is 2.85. The molecule has 5 rings (SSSR count). The van der Waals surface area contributed by atoms with Crippen molar-refractivity contribution in [3.63, 3.8) is 0 Å². The molecule has 1 amide bonds. The minimum atomic E-state index is -0.305. The number of imidazole rings is 1. The summed E-state index contributed by atoms with van der Waals surface area (Å²) >= 11 is 1.48. The Morgan fingerprint density at radius 2 is 1.67 bits per heavy atom. The number of nitrogens with one attached hydrogen (secondary N) is 1. The lowest BCUT2D eigenvalue weighted by atomic mass is 10.1. The molecule has 7 heteroatoms. The largest absolute Gasteiger partial charge is 0.348 e. The zero-order valence-electron chi connectivity index (χ0n) is 15.6.